The predicted molar refractivity (Wildman–Crippen MR) is 76.3 cm³/mol. The average Bonchev–Trinajstić information content (AvgIpc) is 2.31. The number of nitrogens with two attached hydrogens (primary N) is 1. The number of amides is 1. The quantitative estimate of drug-likeness (QED) is 0.876. The third-order valence-corrected chi connectivity index (χ3v) is 2.52. The molecule has 0 heterocycles. The Morgan fingerprint density at radius 3 is 2.58 bits per heavy atom. The van der Waals surface area contributed by atoms with Crippen LogP contribution in [0.5, 0.6) is 5.75 Å². The van der Waals surface area contributed by atoms with Crippen molar-refractivity contribution in [1.29, 1.82) is 0 Å². The molecule has 1 unspecified atom stereocenters. The minimum atomic E-state index is -0.611. The monoisotopic (exact) mass is 290 g/mol. The maximum Gasteiger partial charge on any atom is 0.241 e. The van der Waals surface area contributed by atoms with Gasteiger partial charge >= 0.3 is 0 Å². The summed E-state index contributed by atoms with van der Waals surface area (Å²) in [4.78, 5) is 11.7. The van der Waals surface area contributed by atoms with Crippen LogP contribution in [-0.4, -0.2) is 18.6 Å². The van der Waals surface area contributed by atoms with Crippen molar-refractivity contribution in [2.75, 3.05) is 11.9 Å². The summed E-state index contributed by atoms with van der Waals surface area (Å²) in [5.74, 6) is -0.637. The van der Waals surface area contributed by atoms with Gasteiger partial charge in [-0.05, 0) is 25.0 Å². The number of halogens is 2. The lowest BCUT2D eigenvalue weighted by atomic mass is 10.0. The van der Waals surface area contributed by atoms with Gasteiger partial charge in [-0.25, -0.2) is 4.39 Å². The second kappa shape index (κ2) is 7.96. The van der Waals surface area contributed by atoms with Crippen LogP contribution in [0.25, 0.3) is 0 Å². The number of ether oxygens (including phenoxy) is 1. The van der Waals surface area contributed by atoms with Crippen molar-refractivity contribution in [3.05, 3.63) is 24.0 Å². The van der Waals surface area contributed by atoms with Gasteiger partial charge in [0.2, 0.25) is 5.91 Å². The number of hydrogen-bond donors (Lipinski definition) is 2. The summed E-state index contributed by atoms with van der Waals surface area (Å²) in [6.45, 7) is 5.86. The molecule has 0 aromatic heterocycles. The van der Waals surface area contributed by atoms with Gasteiger partial charge in [0.15, 0.2) is 11.6 Å². The number of carbonyl (C=O) groups excluding carboxylic acids is 1. The van der Waals surface area contributed by atoms with Crippen LogP contribution in [0, 0.1) is 11.7 Å². The Morgan fingerprint density at radius 1 is 1.47 bits per heavy atom. The molecule has 1 aromatic rings. The normalized spacial score (nSPS) is 11.7. The van der Waals surface area contributed by atoms with E-state index in [9.17, 15) is 9.18 Å². The third kappa shape index (κ3) is 5.04. The molecule has 1 rings (SSSR count). The van der Waals surface area contributed by atoms with Crippen LogP contribution in [-0.2, 0) is 4.79 Å². The van der Waals surface area contributed by atoms with Gasteiger partial charge in [0.25, 0.3) is 0 Å². The summed E-state index contributed by atoms with van der Waals surface area (Å²) in [7, 11) is 0. The second-order valence-corrected chi connectivity index (χ2v) is 4.34. The van der Waals surface area contributed by atoms with Gasteiger partial charge in [-0.15, -0.1) is 12.4 Å². The lowest BCUT2D eigenvalue weighted by Gasteiger charge is -2.15. The minimum absolute atomic E-state index is 0. The largest absolute Gasteiger partial charge is 0.491 e. The minimum Gasteiger partial charge on any atom is -0.491 e. The van der Waals surface area contributed by atoms with E-state index in [1.807, 2.05) is 13.8 Å². The Labute approximate surface area is 118 Å². The molecule has 1 aromatic carbocycles. The van der Waals surface area contributed by atoms with Crippen LogP contribution >= 0.6 is 12.4 Å². The molecule has 0 aliphatic rings. The molecule has 0 aliphatic carbocycles. The van der Waals surface area contributed by atoms with Crippen molar-refractivity contribution < 1.29 is 13.9 Å². The van der Waals surface area contributed by atoms with Crippen LogP contribution in [0.15, 0.2) is 18.2 Å². The summed E-state index contributed by atoms with van der Waals surface area (Å²) >= 11 is 0. The summed E-state index contributed by atoms with van der Waals surface area (Å²) in [5, 5.41) is 2.57. The molecule has 0 bridgehead atoms. The molecule has 1 atom stereocenters. The lowest BCUT2D eigenvalue weighted by molar-refractivity contribution is -0.118. The standard InChI is InChI=1S/C13H19FN2O2.ClH/c1-4-18-11-6-5-9(7-10(11)14)16-13(17)12(15)8(2)3;/h5-8,12H,4,15H2,1-3H3,(H,16,17);1H. The fourth-order valence-corrected chi connectivity index (χ4v) is 1.38. The van der Waals surface area contributed by atoms with Crippen molar-refractivity contribution >= 4 is 24.0 Å². The van der Waals surface area contributed by atoms with E-state index in [0.717, 1.165) is 0 Å². The fourth-order valence-electron chi connectivity index (χ4n) is 1.38. The van der Waals surface area contributed by atoms with Gasteiger partial charge in [-0.2, -0.15) is 0 Å². The number of anilines is 1. The number of rotatable bonds is 5. The van der Waals surface area contributed by atoms with Crippen LogP contribution in [0.2, 0.25) is 0 Å². The van der Waals surface area contributed by atoms with Crippen molar-refractivity contribution in [3.63, 3.8) is 0 Å². The Balaban J connectivity index is 0.00000324. The maximum absolute atomic E-state index is 13.5. The lowest BCUT2D eigenvalue weighted by Crippen LogP contribution is -2.39. The van der Waals surface area contributed by atoms with E-state index >= 15 is 0 Å². The van der Waals surface area contributed by atoms with Gasteiger partial charge in [0, 0.05) is 11.8 Å². The van der Waals surface area contributed by atoms with E-state index in [1.54, 1.807) is 13.0 Å². The molecule has 0 radical (unpaired) electrons. The summed E-state index contributed by atoms with van der Waals surface area (Å²) in [6.07, 6.45) is 0. The first-order valence-electron chi connectivity index (χ1n) is 5.94. The topological polar surface area (TPSA) is 64.3 Å². The zero-order chi connectivity index (χ0) is 13.7. The first-order valence-corrected chi connectivity index (χ1v) is 5.94. The highest BCUT2D eigenvalue weighted by molar-refractivity contribution is 5.94. The van der Waals surface area contributed by atoms with E-state index in [1.165, 1.54) is 12.1 Å². The number of benzene rings is 1. The first-order chi connectivity index (χ1) is 8.45. The smallest absolute Gasteiger partial charge is 0.241 e. The molecular formula is C13H20ClFN2O2. The van der Waals surface area contributed by atoms with Gasteiger partial charge in [-0.3, -0.25) is 4.79 Å². The van der Waals surface area contributed by atoms with E-state index in [-0.39, 0.29) is 30.0 Å². The van der Waals surface area contributed by atoms with Crippen molar-refractivity contribution in [2.24, 2.45) is 11.7 Å². The fraction of sp³-hybridized carbons (Fsp3) is 0.462. The van der Waals surface area contributed by atoms with Crippen molar-refractivity contribution in [3.8, 4) is 5.75 Å². The molecule has 4 nitrogen and oxygen atoms in total. The van der Waals surface area contributed by atoms with E-state index in [0.29, 0.717) is 12.3 Å². The highest BCUT2D eigenvalue weighted by Gasteiger charge is 2.17. The summed E-state index contributed by atoms with van der Waals surface area (Å²) < 4.78 is 18.6. The molecule has 6 heteroatoms. The van der Waals surface area contributed by atoms with Crippen molar-refractivity contribution in [2.45, 2.75) is 26.8 Å². The first kappa shape index (κ1) is 17.7. The van der Waals surface area contributed by atoms with Gasteiger partial charge in [0.1, 0.15) is 0 Å². The van der Waals surface area contributed by atoms with E-state index in [4.69, 9.17) is 10.5 Å². The molecule has 0 spiro atoms. The van der Waals surface area contributed by atoms with Crippen LogP contribution < -0.4 is 15.8 Å². The maximum atomic E-state index is 13.5. The molecule has 0 fully saturated rings. The Morgan fingerprint density at radius 2 is 2.11 bits per heavy atom. The molecule has 19 heavy (non-hydrogen) atoms. The van der Waals surface area contributed by atoms with Crippen LogP contribution in [0.1, 0.15) is 20.8 Å². The third-order valence-electron chi connectivity index (χ3n) is 2.52. The average molecular weight is 291 g/mol. The van der Waals surface area contributed by atoms with E-state index < -0.39 is 11.9 Å². The highest BCUT2D eigenvalue weighted by atomic mass is 35.5. The molecule has 0 aliphatic heterocycles. The number of hydrogen-bond acceptors (Lipinski definition) is 3. The van der Waals surface area contributed by atoms with E-state index in [2.05, 4.69) is 5.32 Å². The summed E-state index contributed by atoms with van der Waals surface area (Å²) in [5.41, 5.74) is 6.07. The summed E-state index contributed by atoms with van der Waals surface area (Å²) in [6, 6.07) is 3.67. The molecule has 0 saturated heterocycles. The van der Waals surface area contributed by atoms with Gasteiger partial charge < -0.3 is 15.8 Å². The highest BCUT2D eigenvalue weighted by Crippen LogP contribution is 2.21. The molecular weight excluding hydrogens is 271 g/mol. The van der Waals surface area contributed by atoms with Crippen LogP contribution in [0.3, 0.4) is 0 Å². The SMILES string of the molecule is CCOc1ccc(NC(=O)C(N)C(C)C)cc1F.Cl. The second-order valence-electron chi connectivity index (χ2n) is 4.34. The van der Waals surface area contributed by atoms with Gasteiger partial charge in [-0.1, -0.05) is 13.8 Å². The Hall–Kier alpha value is -1.33. The zero-order valence-electron chi connectivity index (χ0n) is 11.3. The Kier molecular flexibility index (Phi) is 7.41. The van der Waals surface area contributed by atoms with Crippen LogP contribution in [0.4, 0.5) is 10.1 Å². The predicted octanol–water partition coefficient (Wildman–Crippen LogP) is 2.57. The van der Waals surface area contributed by atoms with Crippen molar-refractivity contribution in [1.82, 2.24) is 0 Å². The number of carbonyl (C=O) groups is 1. The molecule has 0 saturated carbocycles. The van der Waals surface area contributed by atoms with Gasteiger partial charge in [0.05, 0.1) is 12.6 Å². The number of nitrogens with one attached hydrogen (secondary N) is 1. The molecule has 108 valence electrons. The zero-order valence-corrected chi connectivity index (χ0v) is 12.1. The molecule has 1 amide bonds. The molecule has 3 N–H and O–H groups in total. The Bertz CT molecular complexity index is 427.